The molecule has 0 aliphatic heterocycles. The van der Waals surface area contributed by atoms with Gasteiger partial charge < -0.3 is 0 Å². The first-order valence-electron chi connectivity index (χ1n) is 7.74. The number of hydrazone groups is 1. The zero-order valence-electron chi connectivity index (χ0n) is 13.0. The highest BCUT2D eigenvalue weighted by Crippen LogP contribution is 2.05. The van der Waals surface area contributed by atoms with Crippen molar-refractivity contribution in [2.45, 2.75) is 32.6 Å². The number of nitrogens with zero attached hydrogens (tertiary/aromatic N) is 1. The highest BCUT2D eigenvalue weighted by atomic mass is 16.2. The maximum Gasteiger partial charge on any atom is 0.240 e. The second-order valence-electron chi connectivity index (χ2n) is 5.15. The summed E-state index contributed by atoms with van der Waals surface area (Å²) >= 11 is 0. The van der Waals surface area contributed by atoms with Gasteiger partial charge in [0.05, 0.1) is 5.71 Å². The van der Waals surface area contributed by atoms with E-state index in [-0.39, 0.29) is 5.91 Å². The molecule has 0 atom stereocenters. The van der Waals surface area contributed by atoms with Crippen LogP contribution in [0.15, 0.2) is 65.8 Å². The van der Waals surface area contributed by atoms with Crippen LogP contribution in [0.4, 0.5) is 0 Å². The molecule has 0 aliphatic rings. The van der Waals surface area contributed by atoms with Gasteiger partial charge in [-0.1, -0.05) is 67.6 Å². The van der Waals surface area contributed by atoms with Gasteiger partial charge in [0.1, 0.15) is 0 Å². The lowest BCUT2D eigenvalue weighted by atomic mass is 10.1. The van der Waals surface area contributed by atoms with Crippen molar-refractivity contribution in [1.82, 2.24) is 5.43 Å². The van der Waals surface area contributed by atoms with E-state index in [1.807, 2.05) is 55.5 Å². The second kappa shape index (κ2) is 8.78. The number of carbonyl (C=O) groups excluding carboxylic acids is 1. The molecule has 0 bridgehead atoms. The zero-order valence-corrected chi connectivity index (χ0v) is 13.0. The van der Waals surface area contributed by atoms with Crippen LogP contribution in [-0.2, 0) is 11.2 Å². The maximum atomic E-state index is 11.9. The SMILES string of the molecule is CCC(=NNC(=O)CCCc1ccccc1)c1ccccc1. The van der Waals surface area contributed by atoms with E-state index in [0.29, 0.717) is 6.42 Å². The normalized spacial score (nSPS) is 11.2. The summed E-state index contributed by atoms with van der Waals surface area (Å²) in [5.41, 5.74) is 5.88. The van der Waals surface area contributed by atoms with Crippen LogP contribution in [0.25, 0.3) is 0 Å². The van der Waals surface area contributed by atoms with Crippen molar-refractivity contribution >= 4 is 11.6 Å². The van der Waals surface area contributed by atoms with Gasteiger partial charge in [-0.25, -0.2) is 5.43 Å². The summed E-state index contributed by atoms with van der Waals surface area (Å²) in [4.78, 5) is 11.9. The molecule has 2 aromatic carbocycles. The van der Waals surface area contributed by atoms with Crippen LogP contribution in [0.2, 0.25) is 0 Å². The van der Waals surface area contributed by atoms with E-state index in [0.717, 1.165) is 30.5 Å². The van der Waals surface area contributed by atoms with Gasteiger partial charge in [-0.05, 0) is 30.4 Å². The van der Waals surface area contributed by atoms with Crippen molar-refractivity contribution in [3.8, 4) is 0 Å². The van der Waals surface area contributed by atoms with Crippen molar-refractivity contribution in [1.29, 1.82) is 0 Å². The zero-order chi connectivity index (χ0) is 15.6. The maximum absolute atomic E-state index is 11.9. The van der Waals surface area contributed by atoms with E-state index in [1.165, 1.54) is 5.56 Å². The highest BCUT2D eigenvalue weighted by molar-refractivity contribution is 6.00. The lowest BCUT2D eigenvalue weighted by molar-refractivity contribution is -0.121. The second-order valence-corrected chi connectivity index (χ2v) is 5.15. The number of amides is 1. The Balaban J connectivity index is 1.80. The minimum absolute atomic E-state index is 0.0298. The molecule has 114 valence electrons. The van der Waals surface area contributed by atoms with Gasteiger partial charge in [-0.3, -0.25) is 4.79 Å². The molecule has 1 N–H and O–H groups in total. The molecule has 2 rings (SSSR count). The van der Waals surface area contributed by atoms with E-state index >= 15 is 0 Å². The van der Waals surface area contributed by atoms with Crippen molar-refractivity contribution < 1.29 is 4.79 Å². The Kier molecular flexibility index (Phi) is 6.37. The monoisotopic (exact) mass is 294 g/mol. The average Bonchev–Trinajstić information content (AvgIpc) is 2.57. The number of aryl methyl sites for hydroxylation is 1. The molecule has 0 radical (unpaired) electrons. The Bertz CT molecular complexity index is 606. The summed E-state index contributed by atoms with van der Waals surface area (Å²) in [6, 6.07) is 20.1. The van der Waals surface area contributed by atoms with Gasteiger partial charge in [0, 0.05) is 6.42 Å². The molecular weight excluding hydrogens is 272 g/mol. The summed E-state index contributed by atoms with van der Waals surface area (Å²) in [5, 5.41) is 4.26. The quantitative estimate of drug-likeness (QED) is 0.610. The summed E-state index contributed by atoms with van der Waals surface area (Å²) < 4.78 is 0. The molecular formula is C19H22N2O. The van der Waals surface area contributed by atoms with Crippen LogP contribution >= 0.6 is 0 Å². The average molecular weight is 294 g/mol. The van der Waals surface area contributed by atoms with Gasteiger partial charge >= 0.3 is 0 Å². The third-order valence-electron chi connectivity index (χ3n) is 3.47. The van der Waals surface area contributed by atoms with Crippen molar-refractivity contribution in [3.63, 3.8) is 0 Å². The Labute approximate surface area is 132 Å². The minimum Gasteiger partial charge on any atom is -0.273 e. The van der Waals surface area contributed by atoms with Gasteiger partial charge in [0.25, 0.3) is 0 Å². The number of nitrogens with one attached hydrogen (secondary N) is 1. The summed E-state index contributed by atoms with van der Waals surface area (Å²) in [5.74, 6) is -0.0298. The molecule has 0 aliphatic carbocycles. The molecule has 3 nitrogen and oxygen atoms in total. The molecule has 0 unspecified atom stereocenters. The first kappa shape index (κ1) is 16.0. The molecule has 0 saturated heterocycles. The summed E-state index contributed by atoms with van der Waals surface area (Å²) in [6.45, 7) is 2.04. The van der Waals surface area contributed by atoms with Crippen LogP contribution in [0, 0.1) is 0 Å². The third-order valence-corrected chi connectivity index (χ3v) is 3.47. The van der Waals surface area contributed by atoms with Gasteiger partial charge in [0.2, 0.25) is 5.91 Å². The fourth-order valence-corrected chi connectivity index (χ4v) is 2.26. The Hall–Kier alpha value is -2.42. The molecule has 0 spiro atoms. The van der Waals surface area contributed by atoms with Crippen molar-refractivity contribution in [2.75, 3.05) is 0 Å². The highest BCUT2D eigenvalue weighted by Gasteiger charge is 2.03. The van der Waals surface area contributed by atoms with Gasteiger partial charge in [-0.2, -0.15) is 5.10 Å². The molecule has 0 heterocycles. The molecule has 0 fully saturated rings. The molecule has 2 aromatic rings. The van der Waals surface area contributed by atoms with Crippen LogP contribution < -0.4 is 5.43 Å². The first-order valence-corrected chi connectivity index (χ1v) is 7.74. The number of benzene rings is 2. The lowest BCUT2D eigenvalue weighted by Crippen LogP contribution is -2.19. The van der Waals surface area contributed by atoms with Crippen LogP contribution in [0.1, 0.15) is 37.3 Å². The predicted molar refractivity (Wildman–Crippen MR) is 90.8 cm³/mol. The van der Waals surface area contributed by atoms with E-state index in [1.54, 1.807) is 0 Å². The van der Waals surface area contributed by atoms with Crippen molar-refractivity contribution in [3.05, 3.63) is 71.8 Å². The molecule has 3 heteroatoms. The number of hydrogen-bond acceptors (Lipinski definition) is 2. The molecule has 22 heavy (non-hydrogen) atoms. The Morgan fingerprint density at radius 3 is 2.27 bits per heavy atom. The van der Waals surface area contributed by atoms with E-state index in [9.17, 15) is 4.79 Å². The number of hydrogen-bond donors (Lipinski definition) is 1. The number of rotatable bonds is 7. The third kappa shape index (κ3) is 5.17. The standard InChI is InChI=1S/C19H22N2O/c1-2-18(17-13-7-4-8-14-17)20-21-19(22)15-9-12-16-10-5-3-6-11-16/h3-8,10-11,13-14H,2,9,12,15H2,1H3,(H,21,22). The van der Waals surface area contributed by atoms with Gasteiger partial charge in [-0.15, -0.1) is 0 Å². The van der Waals surface area contributed by atoms with Crippen LogP contribution in [-0.4, -0.2) is 11.6 Å². The first-order chi connectivity index (χ1) is 10.8. The molecule has 0 saturated carbocycles. The molecule has 1 amide bonds. The summed E-state index contributed by atoms with van der Waals surface area (Å²) in [7, 11) is 0. The summed E-state index contributed by atoms with van der Waals surface area (Å²) in [6.07, 6.45) is 3.02. The van der Waals surface area contributed by atoms with Gasteiger partial charge in [0.15, 0.2) is 0 Å². The fourth-order valence-electron chi connectivity index (χ4n) is 2.26. The number of carbonyl (C=O) groups is 1. The van der Waals surface area contributed by atoms with Crippen LogP contribution in [0.3, 0.4) is 0 Å². The molecule has 0 aromatic heterocycles. The largest absolute Gasteiger partial charge is 0.273 e. The Morgan fingerprint density at radius 2 is 1.64 bits per heavy atom. The predicted octanol–water partition coefficient (Wildman–Crippen LogP) is 3.94. The van der Waals surface area contributed by atoms with Crippen LogP contribution in [0.5, 0.6) is 0 Å². The van der Waals surface area contributed by atoms with E-state index in [4.69, 9.17) is 0 Å². The fraction of sp³-hybridized carbons (Fsp3) is 0.263. The van der Waals surface area contributed by atoms with E-state index in [2.05, 4.69) is 22.7 Å². The topological polar surface area (TPSA) is 41.5 Å². The van der Waals surface area contributed by atoms with E-state index < -0.39 is 0 Å². The smallest absolute Gasteiger partial charge is 0.240 e. The van der Waals surface area contributed by atoms with Crippen molar-refractivity contribution in [2.24, 2.45) is 5.10 Å². The lowest BCUT2D eigenvalue weighted by Gasteiger charge is -2.05. The Morgan fingerprint density at radius 1 is 1.00 bits per heavy atom. The minimum atomic E-state index is -0.0298.